The standard InChI is InChI=1S/C34H40OP/c1-33(2,3)30-23-26(24-31(32(30)35-7)34(4,5)6)25-36(27-17-11-8-12-18-27,28-19-13-9-14-20-28)29-21-15-10-16-22-29/h8-24H,25H2,1-7H3/q+1. The lowest BCUT2D eigenvalue weighted by Gasteiger charge is -2.32. The predicted molar refractivity (Wildman–Crippen MR) is 159 cm³/mol. The van der Waals surface area contributed by atoms with Crippen LogP contribution in [0.15, 0.2) is 103 Å². The molecular weight excluding hydrogens is 455 g/mol. The Morgan fingerprint density at radius 3 is 1.17 bits per heavy atom. The van der Waals surface area contributed by atoms with Gasteiger partial charge in [-0.2, -0.15) is 0 Å². The summed E-state index contributed by atoms with van der Waals surface area (Å²) in [6, 6.07) is 38.3. The summed E-state index contributed by atoms with van der Waals surface area (Å²) in [6.07, 6.45) is 0.960. The Bertz CT molecular complexity index is 1150. The molecule has 186 valence electrons. The van der Waals surface area contributed by atoms with Crippen molar-refractivity contribution in [3.63, 3.8) is 0 Å². The van der Waals surface area contributed by atoms with Gasteiger partial charge in [-0.3, -0.25) is 0 Å². The summed E-state index contributed by atoms with van der Waals surface area (Å²) >= 11 is 0. The fourth-order valence-electron chi connectivity index (χ4n) is 5.16. The van der Waals surface area contributed by atoms with Gasteiger partial charge in [0.2, 0.25) is 0 Å². The maximum absolute atomic E-state index is 6.08. The van der Waals surface area contributed by atoms with Crippen LogP contribution in [0.5, 0.6) is 5.75 Å². The van der Waals surface area contributed by atoms with Crippen molar-refractivity contribution in [2.45, 2.75) is 58.5 Å². The van der Waals surface area contributed by atoms with E-state index in [2.05, 4.69) is 145 Å². The molecule has 4 aromatic rings. The van der Waals surface area contributed by atoms with Crippen molar-refractivity contribution >= 4 is 23.2 Å². The Balaban J connectivity index is 2.06. The van der Waals surface area contributed by atoms with Gasteiger partial charge in [0, 0.05) is 11.1 Å². The average Bonchev–Trinajstić information content (AvgIpc) is 2.87. The molecule has 0 unspecified atom stereocenters. The number of ether oxygens (including phenoxy) is 1. The molecule has 0 saturated carbocycles. The van der Waals surface area contributed by atoms with E-state index in [1.807, 2.05) is 7.11 Å². The molecule has 0 spiro atoms. The van der Waals surface area contributed by atoms with Gasteiger partial charge in [-0.1, -0.05) is 96.1 Å². The minimum absolute atomic E-state index is 0.0330. The third-order valence-electron chi connectivity index (χ3n) is 6.98. The van der Waals surface area contributed by atoms with E-state index >= 15 is 0 Å². The summed E-state index contributed by atoms with van der Waals surface area (Å²) in [5.74, 6) is 1.03. The molecule has 0 N–H and O–H groups in total. The van der Waals surface area contributed by atoms with Crippen LogP contribution in [0.2, 0.25) is 0 Å². The Morgan fingerprint density at radius 1 is 0.556 bits per heavy atom. The van der Waals surface area contributed by atoms with Gasteiger partial charge < -0.3 is 4.74 Å². The molecule has 4 rings (SSSR count). The lowest BCUT2D eigenvalue weighted by molar-refractivity contribution is 0.381. The van der Waals surface area contributed by atoms with Crippen LogP contribution in [0.25, 0.3) is 0 Å². The summed E-state index contributed by atoms with van der Waals surface area (Å²) in [4.78, 5) is 0. The molecule has 1 nitrogen and oxygen atoms in total. The maximum Gasteiger partial charge on any atom is 0.126 e. The monoisotopic (exact) mass is 495 g/mol. The summed E-state index contributed by atoms with van der Waals surface area (Å²) in [7, 11) is -0.170. The van der Waals surface area contributed by atoms with Gasteiger partial charge in [-0.25, -0.2) is 0 Å². The largest absolute Gasteiger partial charge is 0.496 e. The molecule has 0 fully saturated rings. The molecule has 0 radical (unpaired) electrons. The highest BCUT2D eigenvalue weighted by Crippen LogP contribution is 2.58. The number of methoxy groups -OCH3 is 1. The van der Waals surface area contributed by atoms with Crippen LogP contribution in [0, 0.1) is 0 Å². The average molecular weight is 496 g/mol. The highest BCUT2D eigenvalue weighted by atomic mass is 31.2. The molecule has 0 atom stereocenters. The van der Waals surface area contributed by atoms with Crippen molar-refractivity contribution in [3.8, 4) is 5.75 Å². The van der Waals surface area contributed by atoms with Crippen LogP contribution in [-0.2, 0) is 17.0 Å². The topological polar surface area (TPSA) is 9.23 Å². The van der Waals surface area contributed by atoms with Crippen LogP contribution < -0.4 is 20.7 Å². The fourth-order valence-corrected chi connectivity index (χ4v) is 9.37. The highest BCUT2D eigenvalue weighted by Gasteiger charge is 2.46. The first-order valence-electron chi connectivity index (χ1n) is 12.8. The minimum Gasteiger partial charge on any atom is -0.496 e. The first kappa shape index (κ1) is 26.2. The van der Waals surface area contributed by atoms with Gasteiger partial charge in [0.25, 0.3) is 0 Å². The first-order chi connectivity index (χ1) is 17.1. The van der Waals surface area contributed by atoms with Crippen LogP contribution >= 0.6 is 7.26 Å². The van der Waals surface area contributed by atoms with E-state index in [0.29, 0.717) is 0 Å². The molecular formula is C34H40OP+. The SMILES string of the molecule is COc1c(C(C)(C)C)cc(C[P+](c2ccccc2)(c2ccccc2)c2ccccc2)cc1C(C)(C)C. The zero-order valence-corrected chi connectivity index (χ0v) is 23.8. The van der Waals surface area contributed by atoms with E-state index in [1.165, 1.54) is 32.6 Å². The summed E-state index contributed by atoms with van der Waals surface area (Å²) in [5, 5.41) is 4.23. The molecule has 36 heavy (non-hydrogen) atoms. The maximum atomic E-state index is 6.08. The van der Waals surface area contributed by atoms with Crippen molar-refractivity contribution in [2.75, 3.05) is 7.11 Å². The van der Waals surface area contributed by atoms with E-state index < -0.39 is 7.26 Å². The number of hydrogen-bond acceptors (Lipinski definition) is 1. The van der Waals surface area contributed by atoms with Gasteiger partial charge in [-0.05, 0) is 64.9 Å². The molecule has 0 aromatic heterocycles. The predicted octanol–water partition coefficient (Wildman–Crippen LogP) is 7.78. The second-order valence-electron chi connectivity index (χ2n) is 11.7. The molecule has 0 bridgehead atoms. The van der Waals surface area contributed by atoms with Crippen molar-refractivity contribution in [1.29, 1.82) is 0 Å². The molecule has 0 saturated heterocycles. The Morgan fingerprint density at radius 2 is 0.889 bits per heavy atom. The molecule has 0 aliphatic heterocycles. The lowest BCUT2D eigenvalue weighted by Crippen LogP contribution is -2.32. The smallest absolute Gasteiger partial charge is 0.126 e. The molecule has 2 heteroatoms. The summed E-state index contributed by atoms with van der Waals surface area (Å²) in [6.45, 7) is 13.7. The zero-order chi connectivity index (χ0) is 26.0. The van der Waals surface area contributed by atoms with E-state index in [1.54, 1.807) is 0 Å². The fraction of sp³-hybridized carbons (Fsp3) is 0.294. The van der Waals surface area contributed by atoms with Gasteiger partial charge >= 0.3 is 0 Å². The Kier molecular flexibility index (Phi) is 7.44. The van der Waals surface area contributed by atoms with Crippen molar-refractivity contribution in [2.24, 2.45) is 0 Å². The van der Waals surface area contributed by atoms with Crippen molar-refractivity contribution in [3.05, 3.63) is 120 Å². The van der Waals surface area contributed by atoms with Crippen molar-refractivity contribution in [1.82, 2.24) is 0 Å². The van der Waals surface area contributed by atoms with Crippen LogP contribution in [0.1, 0.15) is 58.2 Å². The van der Waals surface area contributed by atoms with E-state index in [0.717, 1.165) is 11.9 Å². The molecule has 0 aliphatic rings. The molecule has 0 heterocycles. The third-order valence-corrected chi connectivity index (χ3v) is 11.4. The summed E-state index contributed by atoms with van der Waals surface area (Å²) in [5.41, 5.74) is 3.86. The molecule has 4 aromatic carbocycles. The summed E-state index contributed by atoms with van der Waals surface area (Å²) < 4.78 is 6.08. The van der Waals surface area contributed by atoms with E-state index in [9.17, 15) is 0 Å². The Hall–Kier alpha value is -2.89. The second-order valence-corrected chi connectivity index (χ2v) is 15.2. The van der Waals surface area contributed by atoms with Crippen LogP contribution in [0.4, 0.5) is 0 Å². The van der Waals surface area contributed by atoms with Gasteiger partial charge in [0.05, 0.1) is 13.3 Å². The van der Waals surface area contributed by atoms with E-state index in [-0.39, 0.29) is 10.8 Å². The molecule has 0 amide bonds. The zero-order valence-electron chi connectivity index (χ0n) is 22.9. The van der Waals surface area contributed by atoms with Gasteiger partial charge in [0.1, 0.15) is 28.9 Å². The Labute approximate surface area is 218 Å². The number of hydrogen-bond donors (Lipinski definition) is 0. The number of benzene rings is 4. The van der Waals surface area contributed by atoms with Gasteiger partial charge in [0.15, 0.2) is 0 Å². The second kappa shape index (κ2) is 10.2. The van der Waals surface area contributed by atoms with Crippen molar-refractivity contribution < 1.29 is 4.74 Å². The van der Waals surface area contributed by atoms with Crippen LogP contribution in [-0.4, -0.2) is 7.11 Å². The highest BCUT2D eigenvalue weighted by molar-refractivity contribution is 7.95. The molecule has 0 aliphatic carbocycles. The quantitative estimate of drug-likeness (QED) is 0.248. The minimum atomic E-state index is -1.98. The lowest BCUT2D eigenvalue weighted by atomic mass is 9.78. The number of rotatable bonds is 6. The van der Waals surface area contributed by atoms with Crippen LogP contribution in [0.3, 0.4) is 0 Å². The van der Waals surface area contributed by atoms with E-state index in [4.69, 9.17) is 4.74 Å². The third kappa shape index (κ3) is 5.14. The van der Waals surface area contributed by atoms with Gasteiger partial charge in [-0.15, -0.1) is 0 Å². The normalized spacial score (nSPS) is 12.4. The first-order valence-corrected chi connectivity index (χ1v) is 14.8.